The number of fused-ring (bicyclic) bond motifs is 1. The molecule has 0 saturated carbocycles. The molecule has 2 aliphatic heterocycles. The van der Waals surface area contributed by atoms with Crippen LogP contribution in [-0.2, 0) is 16.4 Å². The molecule has 1 aromatic heterocycles. The Morgan fingerprint density at radius 2 is 2.00 bits per heavy atom. The number of nitrogens with zero attached hydrogens (tertiary/aromatic N) is 2. The molecule has 2 N–H and O–H groups in total. The summed E-state index contributed by atoms with van der Waals surface area (Å²) in [7, 11) is -3.73. The first-order valence-electron chi connectivity index (χ1n) is 9.23. The average Bonchev–Trinajstić information content (AvgIpc) is 3.18. The van der Waals surface area contributed by atoms with E-state index in [1.807, 2.05) is 24.3 Å². The third kappa shape index (κ3) is 3.40. The van der Waals surface area contributed by atoms with Crippen molar-refractivity contribution in [3.8, 4) is 0 Å². The van der Waals surface area contributed by atoms with Gasteiger partial charge < -0.3 is 15.0 Å². The van der Waals surface area contributed by atoms with Crippen molar-refractivity contribution in [3.05, 3.63) is 47.8 Å². The van der Waals surface area contributed by atoms with Gasteiger partial charge in [-0.05, 0) is 43.4 Å². The van der Waals surface area contributed by atoms with Crippen molar-refractivity contribution < 1.29 is 18.3 Å². The minimum absolute atomic E-state index is 0.0604. The Bertz CT molecular complexity index is 953. The maximum Gasteiger partial charge on any atom is 0.274 e. The van der Waals surface area contributed by atoms with Crippen molar-refractivity contribution in [1.82, 2.24) is 9.29 Å². The number of aromatic nitrogens is 1. The van der Waals surface area contributed by atoms with Crippen LogP contribution in [0.3, 0.4) is 0 Å². The van der Waals surface area contributed by atoms with Crippen molar-refractivity contribution >= 4 is 21.6 Å². The van der Waals surface area contributed by atoms with E-state index in [1.165, 1.54) is 16.6 Å². The van der Waals surface area contributed by atoms with Crippen molar-refractivity contribution in [1.29, 1.82) is 0 Å². The largest absolute Gasteiger partial charge is 0.392 e. The summed E-state index contributed by atoms with van der Waals surface area (Å²) in [6.45, 7) is 1.08. The number of aryl methyl sites for hydroxylation is 1. The first-order valence-corrected chi connectivity index (χ1v) is 10.7. The van der Waals surface area contributed by atoms with Gasteiger partial charge >= 0.3 is 0 Å². The number of sulfonamides is 1. The van der Waals surface area contributed by atoms with Crippen LogP contribution < -0.4 is 4.90 Å². The van der Waals surface area contributed by atoms with Gasteiger partial charge in [-0.25, -0.2) is 8.42 Å². The highest BCUT2D eigenvalue weighted by molar-refractivity contribution is 7.89. The van der Waals surface area contributed by atoms with E-state index < -0.39 is 16.1 Å². The molecule has 4 rings (SSSR count). The highest BCUT2D eigenvalue weighted by Crippen LogP contribution is 2.29. The summed E-state index contributed by atoms with van der Waals surface area (Å²) in [4.78, 5) is 17.6. The van der Waals surface area contributed by atoms with Crippen LogP contribution in [0.4, 0.5) is 5.69 Å². The molecule has 0 spiro atoms. The van der Waals surface area contributed by atoms with Gasteiger partial charge in [0.2, 0.25) is 10.0 Å². The zero-order chi connectivity index (χ0) is 19.0. The van der Waals surface area contributed by atoms with Crippen LogP contribution in [-0.4, -0.2) is 54.5 Å². The smallest absolute Gasteiger partial charge is 0.274 e. The number of benzene rings is 1. The molecule has 1 fully saturated rings. The minimum Gasteiger partial charge on any atom is -0.392 e. The van der Waals surface area contributed by atoms with Gasteiger partial charge in [0.05, 0.1) is 6.10 Å². The average molecular weight is 389 g/mol. The number of rotatable bonds is 3. The lowest BCUT2D eigenvalue weighted by Gasteiger charge is -2.29. The van der Waals surface area contributed by atoms with Crippen molar-refractivity contribution in [2.45, 2.75) is 36.7 Å². The van der Waals surface area contributed by atoms with Gasteiger partial charge in [-0.15, -0.1) is 0 Å². The Balaban J connectivity index is 1.59. The molecule has 3 heterocycles. The molecule has 0 aliphatic carbocycles. The van der Waals surface area contributed by atoms with E-state index in [1.54, 1.807) is 4.90 Å². The summed E-state index contributed by atoms with van der Waals surface area (Å²) in [5.41, 5.74) is 2.26. The molecule has 1 aromatic carbocycles. The number of anilines is 1. The number of piperidine rings is 1. The highest BCUT2D eigenvalue weighted by atomic mass is 32.2. The molecule has 2 aliphatic rings. The summed E-state index contributed by atoms with van der Waals surface area (Å²) in [6.07, 6.45) is 3.76. The Labute approximate surface area is 158 Å². The van der Waals surface area contributed by atoms with E-state index in [0.29, 0.717) is 25.9 Å². The standard InChI is InChI=1S/C19H23N3O4S/c23-15-7-4-9-21(13-15)27(25,26)16-11-17(20-12-16)19(24)22-10-3-6-14-5-1-2-8-18(14)22/h1-2,5,8,11-12,15,20,23H,3-4,6-7,9-10,13H2/t15-/m0/s1. The predicted octanol–water partition coefficient (Wildman–Crippen LogP) is 1.75. The fourth-order valence-corrected chi connectivity index (χ4v) is 5.34. The number of H-pyrrole nitrogens is 1. The van der Waals surface area contributed by atoms with Crippen LogP contribution in [0.25, 0.3) is 0 Å². The van der Waals surface area contributed by atoms with E-state index in [9.17, 15) is 18.3 Å². The zero-order valence-corrected chi connectivity index (χ0v) is 15.8. The van der Waals surface area contributed by atoms with Crippen LogP contribution in [0.2, 0.25) is 0 Å². The third-order valence-electron chi connectivity index (χ3n) is 5.24. The molecule has 2 aromatic rings. The molecule has 0 unspecified atom stereocenters. The second-order valence-corrected chi connectivity index (χ2v) is 9.04. The molecule has 1 amide bonds. The lowest BCUT2D eigenvalue weighted by Crippen LogP contribution is -2.41. The fourth-order valence-electron chi connectivity index (χ4n) is 3.83. The summed E-state index contributed by atoms with van der Waals surface area (Å²) < 4.78 is 26.9. The van der Waals surface area contributed by atoms with E-state index in [0.717, 1.165) is 24.1 Å². The number of hydrogen-bond acceptors (Lipinski definition) is 4. The van der Waals surface area contributed by atoms with Crippen molar-refractivity contribution in [2.75, 3.05) is 24.5 Å². The number of β-amino-alcohol motifs (C(OH)–C–C–N with tert-alkyl or cyclic N) is 1. The van der Waals surface area contributed by atoms with Gasteiger partial charge in [-0.2, -0.15) is 4.31 Å². The number of nitrogens with one attached hydrogen (secondary N) is 1. The molecule has 1 saturated heterocycles. The summed E-state index contributed by atoms with van der Waals surface area (Å²) in [5, 5.41) is 9.77. The maximum absolute atomic E-state index is 13.0. The second-order valence-electron chi connectivity index (χ2n) is 7.10. The second kappa shape index (κ2) is 7.10. The van der Waals surface area contributed by atoms with E-state index >= 15 is 0 Å². The molecule has 8 heteroatoms. The fraction of sp³-hybridized carbons (Fsp3) is 0.421. The topological polar surface area (TPSA) is 93.7 Å². The van der Waals surface area contributed by atoms with Crippen LogP contribution in [0.5, 0.6) is 0 Å². The molecule has 1 atom stereocenters. The van der Waals surface area contributed by atoms with E-state index in [2.05, 4.69) is 4.98 Å². The molecule has 27 heavy (non-hydrogen) atoms. The quantitative estimate of drug-likeness (QED) is 0.836. The first-order chi connectivity index (χ1) is 13.0. The lowest BCUT2D eigenvalue weighted by molar-refractivity contribution is 0.0980. The molecular formula is C19H23N3O4S. The van der Waals surface area contributed by atoms with Gasteiger partial charge in [-0.1, -0.05) is 18.2 Å². The van der Waals surface area contributed by atoms with Gasteiger partial charge in [0.15, 0.2) is 0 Å². The first kappa shape index (κ1) is 18.2. The number of para-hydroxylation sites is 1. The normalized spacial score (nSPS) is 21.1. The molecule has 7 nitrogen and oxygen atoms in total. The van der Waals surface area contributed by atoms with Gasteiger partial charge in [-0.3, -0.25) is 4.79 Å². The van der Waals surface area contributed by atoms with E-state index in [-0.39, 0.29) is 23.0 Å². The van der Waals surface area contributed by atoms with Gasteiger partial charge in [0.1, 0.15) is 10.6 Å². The molecule has 144 valence electrons. The SMILES string of the molecule is O=C(c1cc(S(=O)(=O)N2CCC[C@H](O)C2)c[nH]1)N1CCCc2ccccc21. The third-order valence-corrected chi connectivity index (χ3v) is 7.08. The van der Waals surface area contributed by atoms with Crippen LogP contribution in [0, 0.1) is 0 Å². The summed E-state index contributed by atoms with van der Waals surface area (Å²) in [6, 6.07) is 9.19. The predicted molar refractivity (Wildman–Crippen MR) is 101 cm³/mol. The van der Waals surface area contributed by atoms with Crippen molar-refractivity contribution in [3.63, 3.8) is 0 Å². The molecular weight excluding hydrogens is 366 g/mol. The van der Waals surface area contributed by atoms with E-state index in [4.69, 9.17) is 0 Å². The minimum atomic E-state index is -3.73. The maximum atomic E-state index is 13.0. The number of amides is 1. The Hall–Kier alpha value is -2.16. The Morgan fingerprint density at radius 1 is 1.19 bits per heavy atom. The lowest BCUT2D eigenvalue weighted by atomic mass is 10.0. The number of aromatic amines is 1. The van der Waals surface area contributed by atoms with Crippen LogP contribution >= 0.6 is 0 Å². The molecule has 0 radical (unpaired) electrons. The number of carbonyl (C=O) groups excluding carboxylic acids is 1. The van der Waals surface area contributed by atoms with Crippen LogP contribution in [0.15, 0.2) is 41.4 Å². The van der Waals surface area contributed by atoms with Gasteiger partial charge in [0, 0.05) is 31.5 Å². The highest BCUT2D eigenvalue weighted by Gasteiger charge is 2.31. The van der Waals surface area contributed by atoms with Gasteiger partial charge in [0.25, 0.3) is 5.91 Å². The number of aliphatic hydroxyl groups excluding tert-OH is 1. The Morgan fingerprint density at radius 3 is 2.81 bits per heavy atom. The number of aliphatic hydroxyl groups is 1. The van der Waals surface area contributed by atoms with Crippen molar-refractivity contribution in [2.24, 2.45) is 0 Å². The number of carbonyl (C=O) groups is 1. The summed E-state index contributed by atoms with van der Waals surface area (Å²) >= 11 is 0. The number of hydrogen-bond donors (Lipinski definition) is 2. The summed E-state index contributed by atoms with van der Waals surface area (Å²) in [5.74, 6) is -0.234. The Kier molecular flexibility index (Phi) is 4.79. The molecule has 0 bridgehead atoms. The monoisotopic (exact) mass is 389 g/mol. The van der Waals surface area contributed by atoms with Crippen LogP contribution in [0.1, 0.15) is 35.3 Å². The zero-order valence-electron chi connectivity index (χ0n) is 15.0.